The van der Waals surface area contributed by atoms with Crippen LogP contribution in [0.3, 0.4) is 0 Å². The summed E-state index contributed by atoms with van der Waals surface area (Å²) >= 11 is 0. The summed E-state index contributed by atoms with van der Waals surface area (Å²) in [4.78, 5) is 17.6. The van der Waals surface area contributed by atoms with Crippen LogP contribution >= 0.6 is 0 Å². The molecule has 1 fully saturated rings. The molecule has 3 rings (SSSR count). The number of aromatic nitrogens is 1. The van der Waals surface area contributed by atoms with Crippen molar-refractivity contribution in [2.75, 3.05) is 25.4 Å². The molecule has 0 amide bonds. The molecule has 27 heavy (non-hydrogen) atoms. The van der Waals surface area contributed by atoms with Crippen LogP contribution in [0.25, 0.3) is 5.57 Å². The molecule has 0 radical (unpaired) electrons. The zero-order chi connectivity index (χ0) is 19.1. The second-order valence-corrected chi connectivity index (χ2v) is 6.95. The number of piperidine rings is 1. The molecule has 2 aromatic rings. The zero-order valence-electron chi connectivity index (χ0n) is 15.6. The number of hydrogen-bond donors (Lipinski definition) is 2. The highest BCUT2D eigenvalue weighted by Crippen LogP contribution is 2.28. The Morgan fingerprint density at radius 3 is 2.78 bits per heavy atom. The number of carbonyl (C=O) groups excluding carboxylic acids is 1. The lowest BCUT2D eigenvalue weighted by Crippen LogP contribution is -2.40. The van der Waals surface area contributed by atoms with Gasteiger partial charge < -0.3 is 10.8 Å². The first-order valence-electron chi connectivity index (χ1n) is 9.54. The third-order valence-electron chi connectivity index (χ3n) is 5.23. The predicted molar refractivity (Wildman–Crippen MR) is 108 cm³/mol. The number of pyridine rings is 1. The lowest BCUT2D eigenvalue weighted by atomic mass is 9.95. The summed E-state index contributed by atoms with van der Waals surface area (Å²) in [6.45, 7) is 2.06. The van der Waals surface area contributed by atoms with Crippen LogP contribution in [0.15, 0.2) is 48.7 Å². The van der Waals surface area contributed by atoms with E-state index in [2.05, 4.69) is 16.0 Å². The molecule has 0 saturated carbocycles. The zero-order valence-corrected chi connectivity index (χ0v) is 15.6. The van der Waals surface area contributed by atoms with Gasteiger partial charge in [-0.1, -0.05) is 36.8 Å². The molecule has 2 heterocycles. The van der Waals surface area contributed by atoms with Gasteiger partial charge in [0.1, 0.15) is 12.1 Å². The van der Waals surface area contributed by atoms with E-state index >= 15 is 0 Å². The molecule has 5 heteroatoms. The number of hydrogen-bond acceptors (Lipinski definition) is 5. The van der Waals surface area contributed by atoms with E-state index in [1.165, 1.54) is 12.8 Å². The van der Waals surface area contributed by atoms with Gasteiger partial charge in [0, 0.05) is 36.5 Å². The molecule has 0 bridgehead atoms. The monoisotopic (exact) mass is 365 g/mol. The number of aliphatic hydroxyl groups is 1. The van der Waals surface area contributed by atoms with Gasteiger partial charge in [-0.15, -0.1) is 0 Å². The maximum Gasteiger partial charge on any atom is 0.150 e. The Hall–Kier alpha value is -2.50. The lowest BCUT2D eigenvalue weighted by Gasteiger charge is -2.35. The van der Waals surface area contributed by atoms with Crippen LogP contribution in [0.1, 0.15) is 47.2 Å². The Morgan fingerprint density at radius 2 is 2.07 bits per heavy atom. The summed E-state index contributed by atoms with van der Waals surface area (Å²) in [6.07, 6.45) is 9.08. The molecular weight excluding hydrogens is 338 g/mol. The average Bonchev–Trinajstić information content (AvgIpc) is 2.71. The fraction of sp³-hybridized carbons (Fsp3) is 0.364. The van der Waals surface area contributed by atoms with Crippen LogP contribution in [0.2, 0.25) is 0 Å². The standard InChI is InChI=1S/C22H27N3O2/c23-22-21(5-3-12-24-22)20(18-8-6-17(16-27)7-9-18)10-14-25-13-2-1-4-19(25)11-15-26/h3,5-10,12,16,19,26H,1-2,4,11,13-15H2,(H2,23,24)/b20-10+. The smallest absolute Gasteiger partial charge is 0.150 e. The third kappa shape index (κ3) is 4.81. The molecule has 0 aliphatic carbocycles. The van der Waals surface area contributed by atoms with Gasteiger partial charge in [-0.05, 0) is 49.1 Å². The highest BCUT2D eigenvalue weighted by Gasteiger charge is 2.21. The van der Waals surface area contributed by atoms with E-state index in [1.54, 1.807) is 6.20 Å². The minimum atomic E-state index is 0.223. The highest BCUT2D eigenvalue weighted by atomic mass is 16.3. The van der Waals surface area contributed by atoms with Gasteiger partial charge in [0.2, 0.25) is 0 Å². The van der Waals surface area contributed by atoms with Gasteiger partial charge >= 0.3 is 0 Å². The van der Waals surface area contributed by atoms with E-state index in [0.29, 0.717) is 17.4 Å². The molecule has 1 aromatic carbocycles. The number of nitrogen functional groups attached to an aromatic ring is 1. The summed E-state index contributed by atoms with van der Waals surface area (Å²) in [7, 11) is 0. The molecule has 142 valence electrons. The molecule has 0 spiro atoms. The minimum absolute atomic E-state index is 0.223. The number of benzene rings is 1. The van der Waals surface area contributed by atoms with E-state index in [-0.39, 0.29) is 6.61 Å². The molecule has 1 atom stereocenters. The van der Waals surface area contributed by atoms with Gasteiger partial charge in [-0.2, -0.15) is 0 Å². The SMILES string of the molecule is Nc1ncccc1/C(=C/CN1CCCCC1CCO)c1ccc(C=O)cc1. The first-order valence-corrected chi connectivity index (χ1v) is 9.54. The molecule has 1 saturated heterocycles. The number of aliphatic hydroxyl groups excluding tert-OH is 1. The van der Waals surface area contributed by atoms with E-state index < -0.39 is 0 Å². The second kappa shape index (κ2) is 9.44. The fourth-order valence-electron chi connectivity index (χ4n) is 3.75. The topological polar surface area (TPSA) is 79.4 Å². The van der Waals surface area contributed by atoms with Crippen LogP contribution in [0.5, 0.6) is 0 Å². The quantitative estimate of drug-likeness (QED) is 0.737. The predicted octanol–water partition coefficient (Wildman–Crippen LogP) is 3.14. The van der Waals surface area contributed by atoms with E-state index in [9.17, 15) is 9.90 Å². The number of anilines is 1. The van der Waals surface area contributed by atoms with E-state index in [4.69, 9.17) is 5.73 Å². The van der Waals surface area contributed by atoms with Crippen molar-refractivity contribution in [1.29, 1.82) is 0 Å². The average molecular weight is 365 g/mol. The largest absolute Gasteiger partial charge is 0.396 e. The Balaban J connectivity index is 1.92. The van der Waals surface area contributed by atoms with Crippen LogP contribution in [-0.2, 0) is 0 Å². The van der Waals surface area contributed by atoms with Gasteiger partial charge in [0.25, 0.3) is 0 Å². The molecular formula is C22H27N3O2. The number of nitrogens with two attached hydrogens (primary N) is 1. The van der Waals surface area contributed by atoms with Gasteiger partial charge in [0.15, 0.2) is 0 Å². The van der Waals surface area contributed by atoms with Crippen LogP contribution in [0, 0.1) is 0 Å². The normalized spacial score (nSPS) is 18.4. The fourth-order valence-corrected chi connectivity index (χ4v) is 3.75. The minimum Gasteiger partial charge on any atom is -0.396 e. The summed E-state index contributed by atoms with van der Waals surface area (Å²) < 4.78 is 0. The first-order chi connectivity index (χ1) is 13.2. The summed E-state index contributed by atoms with van der Waals surface area (Å²) in [5.41, 5.74) is 9.72. The van der Waals surface area contributed by atoms with Crippen LogP contribution < -0.4 is 5.73 Å². The van der Waals surface area contributed by atoms with Gasteiger partial charge in [-0.3, -0.25) is 9.69 Å². The molecule has 5 nitrogen and oxygen atoms in total. The van der Waals surface area contributed by atoms with Crippen LogP contribution in [0.4, 0.5) is 5.82 Å². The summed E-state index contributed by atoms with van der Waals surface area (Å²) in [5.74, 6) is 0.494. The van der Waals surface area contributed by atoms with Crippen molar-refractivity contribution in [3.63, 3.8) is 0 Å². The Bertz CT molecular complexity index is 784. The van der Waals surface area contributed by atoms with E-state index in [1.807, 2.05) is 36.4 Å². The third-order valence-corrected chi connectivity index (χ3v) is 5.23. The maximum absolute atomic E-state index is 11.0. The van der Waals surface area contributed by atoms with Crippen molar-refractivity contribution in [3.8, 4) is 0 Å². The number of aldehydes is 1. The van der Waals surface area contributed by atoms with Gasteiger partial charge in [-0.25, -0.2) is 4.98 Å². The molecule has 1 aromatic heterocycles. The Labute approximate surface area is 160 Å². The first kappa shape index (κ1) is 19.3. The number of rotatable bonds is 7. The molecule has 3 N–H and O–H groups in total. The summed E-state index contributed by atoms with van der Waals surface area (Å²) in [6, 6.07) is 11.8. The number of likely N-dealkylation sites (tertiary alicyclic amines) is 1. The number of carbonyl (C=O) groups is 1. The van der Waals surface area contributed by atoms with Crippen molar-refractivity contribution >= 4 is 17.7 Å². The van der Waals surface area contributed by atoms with E-state index in [0.717, 1.165) is 48.9 Å². The van der Waals surface area contributed by atoms with Crippen LogP contribution in [-0.4, -0.2) is 47.0 Å². The lowest BCUT2D eigenvalue weighted by molar-refractivity contribution is 0.112. The highest BCUT2D eigenvalue weighted by molar-refractivity contribution is 5.85. The van der Waals surface area contributed by atoms with Gasteiger partial charge in [0.05, 0.1) is 0 Å². The molecule has 1 unspecified atom stereocenters. The van der Waals surface area contributed by atoms with Crippen molar-refractivity contribution < 1.29 is 9.90 Å². The number of nitrogens with zero attached hydrogens (tertiary/aromatic N) is 2. The van der Waals surface area contributed by atoms with Crippen molar-refractivity contribution in [2.45, 2.75) is 31.7 Å². The Kier molecular flexibility index (Phi) is 6.74. The summed E-state index contributed by atoms with van der Waals surface area (Å²) in [5, 5.41) is 9.36. The molecule has 1 aliphatic heterocycles. The molecule has 1 aliphatic rings. The van der Waals surface area contributed by atoms with Crippen molar-refractivity contribution in [1.82, 2.24) is 9.88 Å². The maximum atomic E-state index is 11.0. The van der Waals surface area contributed by atoms with Crippen molar-refractivity contribution in [3.05, 3.63) is 65.4 Å². The Morgan fingerprint density at radius 1 is 1.26 bits per heavy atom. The second-order valence-electron chi connectivity index (χ2n) is 6.95. The van der Waals surface area contributed by atoms with Crippen molar-refractivity contribution in [2.24, 2.45) is 0 Å².